The highest BCUT2D eigenvalue weighted by Gasteiger charge is 2.13. The molecule has 1 heterocycles. The molecule has 25 heavy (non-hydrogen) atoms. The molecule has 2 aromatic rings. The van der Waals surface area contributed by atoms with Crippen molar-refractivity contribution in [2.45, 2.75) is 33.9 Å². The SMILES string of the molecule is COc1ccc(CNCc2cnc(C#N)nc2NCC(C)(C)C)cc1. The Labute approximate surface area is 149 Å². The van der Waals surface area contributed by atoms with Gasteiger partial charge in [-0.2, -0.15) is 5.26 Å². The summed E-state index contributed by atoms with van der Waals surface area (Å²) in [5, 5.41) is 15.7. The monoisotopic (exact) mass is 339 g/mol. The van der Waals surface area contributed by atoms with Gasteiger partial charge in [0.25, 0.3) is 0 Å². The van der Waals surface area contributed by atoms with Gasteiger partial charge in [0.05, 0.1) is 7.11 Å². The van der Waals surface area contributed by atoms with E-state index in [1.165, 1.54) is 5.56 Å². The van der Waals surface area contributed by atoms with Crippen LogP contribution in [0.5, 0.6) is 5.75 Å². The van der Waals surface area contributed by atoms with Gasteiger partial charge in [0.15, 0.2) is 0 Å². The lowest BCUT2D eigenvalue weighted by atomic mass is 9.97. The molecule has 0 radical (unpaired) electrons. The summed E-state index contributed by atoms with van der Waals surface area (Å²) in [6, 6.07) is 9.93. The fraction of sp³-hybridized carbons (Fsp3) is 0.421. The number of aromatic nitrogens is 2. The van der Waals surface area contributed by atoms with Gasteiger partial charge in [0.2, 0.25) is 5.82 Å². The van der Waals surface area contributed by atoms with Crippen LogP contribution in [0.4, 0.5) is 5.82 Å². The predicted octanol–water partition coefficient (Wildman–Crippen LogP) is 3.10. The van der Waals surface area contributed by atoms with Crippen molar-refractivity contribution in [2.24, 2.45) is 5.41 Å². The van der Waals surface area contributed by atoms with Gasteiger partial charge in [-0.05, 0) is 23.1 Å². The van der Waals surface area contributed by atoms with E-state index in [0.717, 1.165) is 24.4 Å². The Hall–Kier alpha value is -2.65. The van der Waals surface area contributed by atoms with Crippen molar-refractivity contribution in [3.8, 4) is 11.8 Å². The van der Waals surface area contributed by atoms with Crippen LogP contribution in [0.25, 0.3) is 0 Å². The van der Waals surface area contributed by atoms with Gasteiger partial charge in [0.1, 0.15) is 17.6 Å². The maximum Gasteiger partial charge on any atom is 0.234 e. The number of rotatable bonds is 7. The third-order valence-corrected chi connectivity index (χ3v) is 3.55. The van der Waals surface area contributed by atoms with Gasteiger partial charge in [-0.3, -0.25) is 0 Å². The molecular formula is C19H25N5O. The van der Waals surface area contributed by atoms with Gasteiger partial charge < -0.3 is 15.4 Å². The number of anilines is 1. The first kappa shape index (κ1) is 18.7. The zero-order valence-electron chi connectivity index (χ0n) is 15.3. The minimum atomic E-state index is 0.117. The zero-order valence-corrected chi connectivity index (χ0v) is 15.3. The summed E-state index contributed by atoms with van der Waals surface area (Å²) in [7, 11) is 1.66. The van der Waals surface area contributed by atoms with Crippen LogP contribution in [0.1, 0.15) is 37.7 Å². The summed E-state index contributed by atoms with van der Waals surface area (Å²) in [6.07, 6.45) is 1.71. The molecule has 0 saturated carbocycles. The summed E-state index contributed by atoms with van der Waals surface area (Å²) >= 11 is 0. The molecule has 1 aromatic carbocycles. The number of nitrogens with one attached hydrogen (secondary N) is 2. The molecule has 1 aromatic heterocycles. The van der Waals surface area contributed by atoms with Crippen molar-refractivity contribution in [3.63, 3.8) is 0 Å². The molecule has 132 valence electrons. The van der Waals surface area contributed by atoms with Crippen LogP contribution in [-0.4, -0.2) is 23.6 Å². The maximum atomic E-state index is 9.02. The van der Waals surface area contributed by atoms with E-state index in [1.54, 1.807) is 13.3 Å². The molecule has 2 N–H and O–H groups in total. The van der Waals surface area contributed by atoms with E-state index in [2.05, 4.69) is 41.4 Å². The molecule has 0 atom stereocenters. The summed E-state index contributed by atoms with van der Waals surface area (Å²) in [5.74, 6) is 1.73. The maximum absolute atomic E-state index is 9.02. The molecule has 6 heteroatoms. The van der Waals surface area contributed by atoms with Crippen molar-refractivity contribution in [3.05, 3.63) is 47.4 Å². The van der Waals surface area contributed by atoms with Crippen LogP contribution in [0.3, 0.4) is 0 Å². The molecule has 0 bridgehead atoms. The predicted molar refractivity (Wildman–Crippen MR) is 98.2 cm³/mol. The minimum absolute atomic E-state index is 0.117. The van der Waals surface area contributed by atoms with E-state index in [0.29, 0.717) is 12.4 Å². The standard InChI is InChI=1S/C19H25N5O/c1-19(2,3)13-23-18-15(12-22-17(9-20)24-18)11-21-10-14-5-7-16(25-4)8-6-14/h5-8,12,21H,10-11,13H2,1-4H3,(H,22,23,24). The lowest BCUT2D eigenvalue weighted by Gasteiger charge is -2.20. The summed E-state index contributed by atoms with van der Waals surface area (Å²) in [5.41, 5.74) is 2.22. The average Bonchev–Trinajstić information content (AvgIpc) is 2.60. The molecule has 0 fully saturated rings. The third-order valence-electron chi connectivity index (χ3n) is 3.55. The molecule has 0 aliphatic carbocycles. The fourth-order valence-corrected chi connectivity index (χ4v) is 2.18. The lowest BCUT2D eigenvalue weighted by molar-refractivity contribution is 0.414. The van der Waals surface area contributed by atoms with Crippen molar-refractivity contribution < 1.29 is 4.74 Å². The number of nitrogens with zero attached hydrogens (tertiary/aromatic N) is 3. The summed E-state index contributed by atoms with van der Waals surface area (Å²) in [6.45, 7) is 8.54. The molecule has 0 aliphatic rings. The number of nitriles is 1. The van der Waals surface area contributed by atoms with Crippen LogP contribution >= 0.6 is 0 Å². The Morgan fingerprint density at radius 2 is 1.88 bits per heavy atom. The van der Waals surface area contributed by atoms with Crippen LogP contribution in [-0.2, 0) is 13.1 Å². The second-order valence-corrected chi connectivity index (χ2v) is 7.05. The van der Waals surface area contributed by atoms with E-state index in [4.69, 9.17) is 10.00 Å². The quantitative estimate of drug-likeness (QED) is 0.806. The fourth-order valence-electron chi connectivity index (χ4n) is 2.18. The van der Waals surface area contributed by atoms with Gasteiger partial charge >= 0.3 is 0 Å². The molecular weight excluding hydrogens is 314 g/mol. The molecule has 0 unspecified atom stereocenters. The van der Waals surface area contributed by atoms with E-state index in [9.17, 15) is 0 Å². The topological polar surface area (TPSA) is 82.9 Å². The molecule has 2 rings (SSSR count). The number of ether oxygens (including phenoxy) is 1. The normalized spacial score (nSPS) is 11.0. The molecule has 0 saturated heterocycles. The Kier molecular flexibility index (Phi) is 6.31. The van der Waals surface area contributed by atoms with Crippen LogP contribution < -0.4 is 15.4 Å². The van der Waals surface area contributed by atoms with Gasteiger partial charge in [-0.25, -0.2) is 9.97 Å². The van der Waals surface area contributed by atoms with Crippen molar-refractivity contribution in [2.75, 3.05) is 19.0 Å². The third kappa shape index (κ3) is 6.05. The minimum Gasteiger partial charge on any atom is -0.497 e. The summed E-state index contributed by atoms with van der Waals surface area (Å²) < 4.78 is 5.16. The molecule has 6 nitrogen and oxygen atoms in total. The molecule has 0 amide bonds. The number of benzene rings is 1. The number of hydrogen-bond donors (Lipinski definition) is 2. The van der Waals surface area contributed by atoms with Crippen molar-refractivity contribution in [1.29, 1.82) is 5.26 Å². The van der Waals surface area contributed by atoms with Crippen molar-refractivity contribution in [1.82, 2.24) is 15.3 Å². The van der Waals surface area contributed by atoms with Gasteiger partial charge in [-0.1, -0.05) is 32.9 Å². The van der Waals surface area contributed by atoms with Gasteiger partial charge in [-0.15, -0.1) is 0 Å². The highest BCUT2D eigenvalue weighted by atomic mass is 16.5. The second-order valence-electron chi connectivity index (χ2n) is 7.05. The first-order valence-corrected chi connectivity index (χ1v) is 8.25. The van der Waals surface area contributed by atoms with Crippen LogP contribution in [0, 0.1) is 16.7 Å². The lowest BCUT2D eigenvalue weighted by Crippen LogP contribution is -2.22. The first-order valence-electron chi connectivity index (χ1n) is 8.25. The summed E-state index contributed by atoms with van der Waals surface area (Å²) in [4.78, 5) is 8.38. The zero-order chi connectivity index (χ0) is 18.3. The smallest absolute Gasteiger partial charge is 0.234 e. The first-order chi connectivity index (χ1) is 11.9. The van der Waals surface area contributed by atoms with Crippen LogP contribution in [0.15, 0.2) is 30.5 Å². The largest absolute Gasteiger partial charge is 0.497 e. The van der Waals surface area contributed by atoms with E-state index in [-0.39, 0.29) is 11.2 Å². The number of hydrogen-bond acceptors (Lipinski definition) is 6. The van der Waals surface area contributed by atoms with E-state index >= 15 is 0 Å². The Bertz CT molecular complexity index is 729. The van der Waals surface area contributed by atoms with Gasteiger partial charge in [0, 0.05) is 31.4 Å². The second kappa shape index (κ2) is 8.45. The van der Waals surface area contributed by atoms with E-state index < -0.39 is 0 Å². The number of methoxy groups -OCH3 is 1. The average molecular weight is 339 g/mol. The molecule has 0 spiro atoms. The van der Waals surface area contributed by atoms with Crippen LogP contribution in [0.2, 0.25) is 0 Å². The highest BCUT2D eigenvalue weighted by Crippen LogP contribution is 2.17. The highest BCUT2D eigenvalue weighted by molar-refractivity contribution is 5.44. The Balaban J connectivity index is 2.00. The van der Waals surface area contributed by atoms with E-state index in [1.807, 2.05) is 30.3 Å². The van der Waals surface area contributed by atoms with Crippen molar-refractivity contribution >= 4 is 5.82 Å². The Morgan fingerprint density at radius 1 is 1.16 bits per heavy atom. The Morgan fingerprint density at radius 3 is 2.48 bits per heavy atom. The molecule has 0 aliphatic heterocycles.